The molecule has 2 heterocycles. The first-order valence-corrected chi connectivity index (χ1v) is 9.79. The van der Waals surface area contributed by atoms with Crippen LogP contribution in [0.5, 0.6) is 0 Å². The van der Waals surface area contributed by atoms with Crippen LogP contribution in [0.15, 0.2) is 24.3 Å². The second-order valence-corrected chi connectivity index (χ2v) is 7.48. The van der Waals surface area contributed by atoms with E-state index in [-0.39, 0.29) is 11.8 Å². The van der Waals surface area contributed by atoms with Crippen molar-refractivity contribution in [2.45, 2.75) is 26.7 Å². The molecule has 2 amide bonds. The lowest BCUT2D eigenvalue weighted by molar-refractivity contribution is -0.121. The van der Waals surface area contributed by atoms with Crippen molar-refractivity contribution in [3.63, 3.8) is 0 Å². The zero-order valence-corrected chi connectivity index (χ0v) is 16.4. The number of nitrogens with zero attached hydrogens (tertiary/aromatic N) is 2. The number of hydrogen-bond donors (Lipinski definition) is 2. The Morgan fingerprint density at radius 1 is 1.15 bits per heavy atom. The summed E-state index contributed by atoms with van der Waals surface area (Å²) in [6, 6.07) is 8.06. The molecule has 2 aromatic rings. The molecular weight excluding hydrogens is 364 g/mol. The summed E-state index contributed by atoms with van der Waals surface area (Å²) in [6.07, 6.45) is 0.937. The number of aryl methyl sites for hydroxylation is 3. The van der Waals surface area contributed by atoms with Crippen LogP contribution >= 0.6 is 11.3 Å². The van der Waals surface area contributed by atoms with Crippen molar-refractivity contribution in [1.29, 1.82) is 0 Å². The molecule has 144 valence electrons. The third-order valence-electron chi connectivity index (χ3n) is 4.35. The summed E-state index contributed by atoms with van der Waals surface area (Å²) in [5.74, 6) is -0.562. The summed E-state index contributed by atoms with van der Waals surface area (Å²) >= 11 is 1.33. The standard InChI is InChI=1S/C19H24N4O3S/c1-13-3-5-15(6-4-13)7-8-16(24)21-22-18(25)17-14(2)20-19(27-17)23-9-11-26-12-10-23/h3-6H,7-12H2,1-2H3,(H,21,24)(H,22,25). The maximum atomic E-state index is 12.4. The van der Waals surface area contributed by atoms with E-state index in [1.165, 1.54) is 16.9 Å². The fourth-order valence-electron chi connectivity index (χ4n) is 2.74. The summed E-state index contributed by atoms with van der Waals surface area (Å²) in [4.78, 5) is 31.5. The molecule has 0 atom stereocenters. The van der Waals surface area contributed by atoms with Crippen LogP contribution in [-0.4, -0.2) is 43.1 Å². The highest BCUT2D eigenvalue weighted by Crippen LogP contribution is 2.26. The number of anilines is 1. The van der Waals surface area contributed by atoms with Gasteiger partial charge in [-0.3, -0.25) is 20.4 Å². The molecule has 0 radical (unpaired) electrons. The van der Waals surface area contributed by atoms with E-state index in [0.29, 0.717) is 36.6 Å². The molecule has 1 fully saturated rings. The average Bonchev–Trinajstić information content (AvgIpc) is 3.08. The molecule has 3 rings (SSSR count). The maximum Gasteiger partial charge on any atom is 0.281 e. The van der Waals surface area contributed by atoms with Gasteiger partial charge in [0.1, 0.15) is 4.88 Å². The van der Waals surface area contributed by atoms with Crippen LogP contribution in [0.3, 0.4) is 0 Å². The number of carbonyl (C=O) groups excluding carboxylic acids is 2. The Hall–Kier alpha value is -2.45. The summed E-state index contributed by atoms with van der Waals surface area (Å²) in [5, 5.41) is 0.812. The van der Waals surface area contributed by atoms with Gasteiger partial charge in [-0.05, 0) is 25.8 Å². The van der Waals surface area contributed by atoms with E-state index in [9.17, 15) is 9.59 Å². The van der Waals surface area contributed by atoms with Gasteiger partial charge in [-0.15, -0.1) is 0 Å². The fourth-order valence-corrected chi connectivity index (χ4v) is 3.76. The Labute approximate surface area is 162 Å². The van der Waals surface area contributed by atoms with Gasteiger partial charge in [0, 0.05) is 19.5 Å². The van der Waals surface area contributed by atoms with Crippen molar-refractivity contribution in [2.24, 2.45) is 0 Å². The van der Waals surface area contributed by atoms with Crippen LogP contribution in [0.4, 0.5) is 5.13 Å². The smallest absolute Gasteiger partial charge is 0.281 e. The molecule has 0 saturated carbocycles. The Kier molecular flexibility index (Phi) is 6.41. The zero-order valence-electron chi connectivity index (χ0n) is 15.6. The minimum absolute atomic E-state index is 0.223. The fraction of sp³-hybridized carbons (Fsp3) is 0.421. The van der Waals surface area contributed by atoms with Gasteiger partial charge in [-0.2, -0.15) is 0 Å². The Bertz CT molecular complexity index is 798. The lowest BCUT2D eigenvalue weighted by atomic mass is 10.1. The Balaban J connectivity index is 1.49. The van der Waals surface area contributed by atoms with E-state index in [0.717, 1.165) is 23.8 Å². The van der Waals surface area contributed by atoms with E-state index in [4.69, 9.17) is 4.74 Å². The lowest BCUT2D eigenvalue weighted by Gasteiger charge is -2.25. The van der Waals surface area contributed by atoms with E-state index in [2.05, 4.69) is 20.7 Å². The Morgan fingerprint density at radius 3 is 2.56 bits per heavy atom. The lowest BCUT2D eigenvalue weighted by Crippen LogP contribution is -2.41. The quantitative estimate of drug-likeness (QED) is 0.766. The van der Waals surface area contributed by atoms with Crippen LogP contribution in [0.2, 0.25) is 0 Å². The number of hydrazine groups is 1. The molecule has 1 aromatic carbocycles. The van der Waals surface area contributed by atoms with Gasteiger partial charge in [0.15, 0.2) is 5.13 Å². The summed E-state index contributed by atoms with van der Waals surface area (Å²) in [7, 11) is 0. The molecular formula is C19H24N4O3S. The number of thiazole rings is 1. The first-order chi connectivity index (χ1) is 13.0. The number of nitrogens with one attached hydrogen (secondary N) is 2. The second kappa shape index (κ2) is 8.96. The summed E-state index contributed by atoms with van der Waals surface area (Å²) < 4.78 is 5.34. The molecule has 0 aliphatic carbocycles. The Morgan fingerprint density at radius 2 is 1.85 bits per heavy atom. The molecule has 0 bridgehead atoms. The molecule has 1 aliphatic heterocycles. The van der Waals surface area contributed by atoms with Gasteiger partial charge in [-0.25, -0.2) is 4.98 Å². The number of benzene rings is 1. The zero-order chi connectivity index (χ0) is 19.2. The van der Waals surface area contributed by atoms with Crippen molar-refractivity contribution < 1.29 is 14.3 Å². The molecule has 7 nitrogen and oxygen atoms in total. The van der Waals surface area contributed by atoms with Crippen LogP contribution in [0.25, 0.3) is 0 Å². The van der Waals surface area contributed by atoms with Gasteiger partial charge in [0.05, 0.1) is 18.9 Å². The molecule has 1 aromatic heterocycles. The first kappa shape index (κ1) is 19.3. The molecule has 0 unspecified atom stereocenters. The van der Waals surface area contributed by atoms with Gasteiger partial charge in [-0.1, -0.05) is 41.2 Å². The third-order valence-corrected chi connectivity index (χ3v) is 5.57. The van der Waals surface area contributed by atoms with Gasteiger partial charge < -0.3 is 9.64 Å². The summed E-state index contributed by atoms with van der Waals surface area (Å²) in [5.41, 5.74) is 7.92. The van der Waals surface area contributed by atoms with Crippen molar-refractivity contribution in [1.82, 2.24) is 15.8 Å². The third kappa shape index (κ3) is 5.27. The topological polar surface area (TPSA) is 83.6 Å². The number of carbonyl (C=O) groups is 2. The SMILES string of the molecule is Cc1ccc(CCC(=O)NNC(=O)c2sc(N3CCOCC3)nc2C)cc1. The number of aromatic nitrogens is 1. The minimum atomic E-state index is -0.340. The van der Waals surface area contributed by atoms with Crippen LogP contribution < -0.4 is 15.8 Å². The van der Waals surface area contributed by atoms with Crippen LogP contribution in [-0.2, 0) is 16.0 Å². The molecule has 2 N–H and O–H groups in total. The molecule has 0 spiro atoms. The number of ether oxygens (including phenoxy) is 1. The van der Waals surface area contributed by atoms with Crippen LogP contribution in [0.1, 0.15) is 32.9 Å². The van der Waals surface area contributed by atoms with Crippen molar-refractivity contribution >= 4 is 28.3 Å². The highest BCUT2D eigenvalue weighted by atomic mass is 32.1. The highest BCUT2D eigenvalue weighted by Gasteiger charge is 2.20. The van der Waals surface area contributed by atoms with Crippen molar-refractivity contribution in [3.05, 3.63) is 46.0 Å². The van der Waals surface area contributed by atoms with E-state index >= 15 is 0 Å². The molecule has 8 heteroatoms. The molecule has 27 heavy (non-hydrogen) atoms. The summed E-state index contributed by atoms with van der Waals surface area (Å²) in [6.45, 7) is 6.69. The first-order valence-electron chi connectivity index (χ1n) is 8.98. The van der Waals surface area contributed by atoms with E-state index in [1.54, 1.807) is 6.92 Å². The van der Waals surface area contributed by atoms with Crippen molar-refractivity contribution in [3.8, 4) is 0 Å². The number of amides is 2. The highest BCUT2D eigenvalue weighted by molar-refractivity contribution is 7.17. The largest absolute Gasteiger partial charge is 0.378 e. The number of rotatable bonds is 5. The average molecular weight is 388 g/mol. The van der Waals surface area contributed by atoms with Gasteiger partial charge in [0.2, 0.25) is 5.91 Å². The normalized spacial score (nSPS) is 14.1. The van der Waals surface area contributed by atoms with Crippen LogP contribution in [0, 0.1) is 13.8 Å². The maximum absolute atomic E-state index is 12.4. The minimum Gasteiger partial charge on any atom is -0.378 e. The predicted octanol–water partition coefficient (Wildman–Crippen LogP) is 1.99. The predicted molar refractivity (Wildman–Crippen MR) is 105 cm³/mol. The van der Waals surface area contributed by atoms with Gasteiger partial charge >= 0.3 is 0 Å². The molecule has 1 saturated heterocycles. The number of morpholine rings is 1. The second-order valence-electron chi connectivity index (χ2n) is 6.50. The monoisotopic (exact) mass is 388 g/mol. The van der Waals surface area contributed by atoms with E-state index in [1.807, 2.05) is 31.2 Å². The van der Waals surface area contributed by atoms with Gasteiger partial charge in [0.25, 0.3) is 5.91 Å². The number of hydrogen-bond acceptors (Lipinski definition) is 6. The van der Waals surface area contributed by atoms with E-state index < -0.39 is 0 Å². The molecule has 1 aliphatic rings. The van der Waals surface area contributed by atoms with Crippen molar-refractivity contribution in [2.75, 3.05) is 31.2 Å².